The van der Waals surface area contributed by atoms with Gasteiger partial charge in [0, 0.05) is 24.9 Å². The summed E-state index contributed by atoms with van der Waals surface area (Å²) >= 11 is 0. The van der Waals surface area contributed by atoms with Crippen molar-refractivity contribution < 1.29 is 23.1 Å². The fraction of sp³-hybridized carbons (Fsp3) is 0.259. The lowest BCUT2D eigenvalue weighted by Crippen LogP contribution is -2.33. The van der Waals surface area contributed by atoms with E-state index in [-0.39, 0.29) is 30.5 Å². The monoisotopic (exact) mass is 464 g/mol. The highest BCUT2D eigenvalue weighted by molar-refractivity contribution is 6.06. The standard InChI is InChI=1S/C27H26F2N2O3/c28-21-11-12-24(25(29)16-21)27(33)31(18-19-6-2-1-3-7-19)22-9-4-8-20(14-22)15-26(32)30-17-23-10-5-13-34-23/h1-4,6-9,11-12,14,16,23H,5,10,13,15,17-18H2,(H,30,32). The third-order valence-electron chi connectivity index (χ3n) is 5.73. The number of carbonyl (C=O) groups excluding carboxylic acids is 2. The minimum Gasteiger partial charge on any atom is -0.376 e. The van der Waals surface area contributed by atoms with E-state index in [2.05, 4.69) is 5.32 Å². The van der Waals surface area contributed by atoms with Gasteiger partial charge in [-0.25, -0.2) is 8.78 Å². The van der Waals surface area contributed by atoms with E-state index in [4.69, 9.17) is 4.74 Å². The normalized spacial score (nSPS) is 15.2. The molecule has 0 aromatic heterocycles. The largest absolute Gasteiger partial charge is 0.376 e. The van der Waals surface area contributed by atoms with Crippen molar-refractivity contribution in [2.45, 2.75) is 31.9 Å². The first kappa shape index (κ1) is 23.6. The number of hydrogen-bond acceptors (Lipinski definition) is 3. The van der Waals surface area contributed by atoms with Crippen LogP contribution in [0.2, 0.25) is 0 Å². The van der Waals surface area contributed by atoms with Crippen LogP contribution in [0.5, 0.6) is 0 Å². The zero-order valence-electron chi connectivity index (χ0n) is 18.7. The lowest BCUT2D eigenvalue weighted by molar-refractivity contribution is -0.120. The summed E-state index contributed by atoms with van der Waals surface area (Å²) in [6, 6.07) is 19.2. The maximum absolute atomic E-state index is 14.4. The Labute approximate surface area is 197 Å². The number of benzene rings is 3. The van der Waals surface area contributed by atoms with Gasteiger partial charge in [-0.05, 0) is 48.2 Å². The zero-order chi connectivity index (χ0) is 23.9. The number of hydrogen-bond donors (Lipinski definition) is 1. The average Bonchev–Trinajstić information content (AvgIpc) is 3.35. The Balaban J connectivity index is 1.55. The molecule has 1 heterocycles. The number of anilines is 1. The van der Waals surface area contributed by atoms with Crippen LogP contribution in [0.1, 0.15) is 34.3 Å². The highest BCUT2D eigenvalue weighted by atomic mass is 19.1. The predicted octanol–water partition coefficient (Wildman–Crippen LogP) is 4.65. The van der Waals surface area contributed by atoms with E-state index in [1.165, 1.54) is 4.90 Å². The Morgan fingerprint density at radius 1 is 0.971 bits per heavy atom. The first-order valence-electron chi connectivity index (χ1n) is 11.3. The van der Waals surface area contributed by atoms with Crippen molar-refractivity contribution in [1.82, 2.24) is 5.32 Å². The van der Waals surface area contributed by atoms with Crippen molar-refractivity contribution in [1.29, 1.82) is 0 Å². The van der Waals surface area contributed by atoms with Crippen LogP contribution in [0.4, 0.5) is 14.5 Å². The smallest absolute Gasteiger partial charge is 0.261 e. The first-order valence-corrected chi connectivity index (χ1v) is 11.3. The van der Waals surface area contributed by atoms with Gasteiger partial charge in [0.05, 0.1) is 24.6 Å². The van der Waals surface area contributed by atoms with Gasteiger partial charge in [0.25, 0.3) is 5.91 Å². The van der Waals surface area contributed by atoms with E-state index in [0.717, 1.165) is 37.1 Å². The highest BCUT2D eigenvalue weighted by Crippen LogP contribution is 2.23. The maximum Gasteiger partial charge on any atom is 0.261 e. The highest BCUT2D eigenvalue weighted by Gasteiger charge is 2.22. The molecule has 1 aliphatic heterocycles. The second kappa shape index (κ2) is 11.0. The zero-order valence-corrected chi connectivity index (χ0v) is 18.7. The van der Waals surface area contributed by atoms with Gasteiger partial charge in [-0.1, -0.05) is 42.5 Å². The molecule has 1 unspecified atom stereocenters. The van der Waals surface area contributed by atoms with E-state index in [1.54, 1.807) is 24.3 Å². The number of halogens is 2. The second-order valence-electron chi connectivity index (χ2n) is 8.29. The van der Waals surface area contributed by atoms with Crippen LogP contribution >= 0.6 is 0 Å². The predicted molar refractivity (Wildman–Crippen MR) is 125 cm³/mol. The Bertz CT molecular complexity index is 1150. The molecule has 1 saturated heterocycles. The maximum atomic E-state index is 14.4. The number of rotatable bonds is 8. The van der Waals surface area contributed by atoms with Crippen molar-refractivity contribution in [2.24, 2.45) is 0 Å². The van der Waals surface area contributed by atoms with E-state index in [9.17, 15) is 18.4 Å². The minimum absolute atomic E-state index is 0.0554. The lowest BCUT2D eigenvalue weighted by atomic mass is 10.1. The molecule has 34 heavy (non-hydrogen) atoms. The van der Waals surface area contributed by atoms with E-state index in [1.807, 2.05) is 30.3 Å². The van der Waals surface area contributed by atoms with Crippen molar-refractivity contribution in [2.75, 3.05) is 18.1 Å². The van der Waals surface area contributed by atoms with Crippen LogP contribution in [-0.4, -0.2) is 31.1 Å². The van der Waals surface area contributed by atoms with Crippen LogP contribution < -0.4 is 10.2 Å². The van der Waals surface area contributed by atoms with E-state index < -0.39 is 17.5 Å². The number of nitrogens with zero attached hydrogens (tertiary/aromatic N) is 1. The summed E-state index contributed by atoms with van der Waals surface area (Å²) in [4.78, 5) is 27.2. The average molecular weight is 465 g/mol. The number of ether oxygens (including phenoxy) is 1. The molecule has 176 valence electrons. The topological polar surface area (TPSA) is 58.6 Å². The van der Waals surface area contributed by atoms with Crippen molar-refractivity contribution in [3.05, 3.63) is 101 Å². The van der Waals surface area contributed by atoms with Crippen LogP contribution in [0.3, 0.4) is 0 Å². The molecule has 0 bridgehead atoms. The molecule has 1 aliphatic rings. The van der Waals surface area contributed by atoms with Crippen LogP contribution in [0, 0.1) is 11.6 Å². The summed E-state index contributed by atoms with van der Waals surface area (Å²) in [7, 11) is 0. The molecule has 0 radical (unpaired) electrons. The summed E-state index contributed by atoms with van der Waals surface area (Å²) in [5.74, 6) is -2.41. The molecule has 0 saturated carbocycles. The molecular formula is C27H26F2N2O3. The quantitative estimate of drug-likeness (QED) is 0.528. The molecule has 3 aromatic rings. The Morgan fingerprint density at radius 2 is 1.76 bits per heavy atom. The summed E-state index contributed by atoms with van der Waals surface area (Å²) in [5, 5.41) is 2.89. The molecule has 0 spiro atoms. The van der Waals surface area contributed by atoms with Crippen molar-refractivity contribution in [3.63, 3.8) is 0 Å². The van der Waals surface area contributed by atoms with Gasteiger partial charge < -0.3 is 15.0 Å². The molecule has 0 aliphatic carbocycles. The summed E-state index contributed by atoms with van der Waals surface area (Å²) in [6.45, 7) is 1.38. The number of carbonyl (C=O) groups is 2. The van der Waals surface area contributed by atoms with Crippen LogP contribution in [0.25, 0.3) is 0 Å². The third kappa shape index (κ3) is 6.05. The van der Waals surface area contributed by atoms with E-state index in [0.29, 0.717) is 23.9 Å². The molecule has 2 amide bonds. The molecule has 1 atom stereocenters. The number of amides is 2. The minimum atomic E-state index is -0.923. The Hall–Kier alpha value is -3.58. The number of nitrogens with one attached hydrogen (secondary N) is 1. The van der Waals surface area contributed by atoms with Gasteiger partial charge in [-0.3, -0.25) is 9.59 Å². The SMILES string of the molecule is O=C(Cc1cccc(N(Cc2ccccc2)C(=O)c2ccc(F)cc2F)c1)NCC1CCCO1. The summed E-state index contributed by atoms with van der Waals surface area (Å²) in [6.07, 6.45) is 2.13. The molecule has 1 fully saturated rings. The van der Waals surface area contributed by atoms with Gasteiger partial charge in [-0.2, -0.15) is 0 Å². The van der Waals surface area contributed by atoms with Crippen molar-refractivity contribution >= 4 is 17.5 Å². The first-order chi connectivity index (χ1) is 16.5. The van der Waals surface area contributed by atoms with E-state index >= 15 is 0 Å². The molecule has 3 aromatic carbocycles. The third-order valence-corrected chi connectivity index (χ3v) is 5.73. The molecule has 4 rings (SSSR count). The summed E-state index contributed by atoms with van der Waals surface area (Å²) in [5.41, 5.74) is 1.85. The van der Waals surface area contributed by atoms with Crippen LogP contribution in [0.15, 0.2) is 72.8 Å². The van der Waals surface area contributed by atoms with Crippen LogP contribution in [-0.2, 0) is 22.5 Å². The van der Waals surface area contributed by atoms with Gasteiger partial charge in [-0.15, -0.1) is 0 Å². The fourth-order valence-corrected chi connectivity index (χ4v) is 3.97. The molecule has 7 heteroatoms. The van der Waals surface area contributed by atoms with Crippen molar-refractivity contribution in [3.8, 4) is 0 Å². The lowest BCUT2D eigenvalue weighted by Gasteiger charge is -2.24. The van der Waals surface area contributed by atoms with Gasteiger partial charge >= 0.3 is 0 Å². The molecule has 1 N–H and O–H groups in total. The summed E-state index contributed by atoms with van der Waals surface area (Å²) < 4.78 is 33.4. The molecular weight excluding hydrogens is 438 g/mol. The Morgan fingerprint density at radius 3 is 2.50 bits per heavy atom. The second-order valence-corrected chi connectivity index (χ2v) is 8.29. The van der Waals surface area contributed by atoms with Gasteiger partial charge in [0.2, 0.25) is 5.91 Å². The molecule has 5 nitrogen and oxygen atoms in total. The van der Waals surface area contributed by atoms with Gasteiger partial charge in [0.15, 0.2) is 0 Å². The fourth-order valence-electron chi connectivity index (χ4n) is 3.97. The van der Waals surface area contributed by atoms with Gasteiger partial charge in [0.1, 0.15) is 11.6 Å². The Kier molecular flexibility index (Phi) is 7.65.